The van der Waals surface area contributed by atoms with Crippen molar-refractivity contribution >= 4 is 23.1 Å². The number of anilines is 1. The molecule has 0 bridgehead atoms. The lowest BCUT2D eigenvalue weighted by atomic mass is 9.86. The molecule has 1 aliphatic rings. The van der Waals surface area contributed by atoms with E-state index in [4.69, 9.17) is 37.8 Å². The van der Waals surface area contributed by atoms with Crippen LogP contribution in [0, 0.1) is 0 Å². The van der Waals surface area contributed by atoms with Gasteiger partial charge in [-0.1, -0.05) is 0 Å². The van der Waals surface area contributed by atoms with Crippen LogP contribution in [0.2, 0.25) is 0 Å². The summed E-state index contributed by atoms with van der Waals surface area (Å²) >= 11 is 0. The van der Waals surface area contributed by atoms with Crippen LogP contribution >= 0.6 is 0 Å². The van der Waals surface area contributed by atoms with Crippen molar-refractivity contribution in [1.29, 1.82) is 0 Å². The van der Waals surface area contributed by atoms with Crippen molar-refractivity contribution in [2.24, 2.45) is 0 Å². The molecule has 234 valence electrons. The predicted octanol–water partition coefficient (Wildman–Crippen LogP) is 5.68. The number of esters is 1. The summed E-state index contributed by atoms with van der Waals surface area (Å²) in [5.74, 6) is 2.36. The van der Waals surface area contributed by atoms with Crippen molar-refractivity contribution < 1.29 is 37.6 Å². The maximum atomic E-state index is 12.6. The zero-order valence-corrected chi connectivity index (χ0v) is 26.0. The molecule has 2 aromatic heterocycles. The number of methoxy groups -OCH3 is 4. The molecular weight excluding hydrogens is 566 g/mol. The van der Waals surface area contributed by atoms with E-state index in [1.54, 1.807) is 47.8 Å². The lowest BCUT2D eigenvalue weighted by Crippen LogP contribution is -2.37. The molecule has 1 aliphatic heterocycles. The number of benzene rings is 2. The number of carbonyl (C=O) groups is 1. The maximum absolute atomic E-state index is 12.6. The maximum Gasteiger partial charge on any atom is 0.335 e. The van der Waals surface area contributed by atoms with Gasteiger partial charge in [0, 0.05) is 35.0 Å². The molecule has 44 heavy (non-hydrogen) atoms. The summed E-state index contributed by atoms with van der Waals surface area (Å²) in [5.41, 5.74) is 3.96. The van der Waals surface area contributed by atoms with Crippen LogP contribution in [0.25, 0.3) is 11.1 Å². The molecule has 1 fully saturated rings. The number of rotatable bonds is 12. The van der Waals surface area contributed by atoms with Gasteiger partial charge in [0.25, 0.3) is 6.01 Å². The van der Waals surface area contributed by atoms with E-state index < -0.39 is 6.10 Å². The predicted molar refractivity (Wildman–Crippen MR) is 164 cm³/mol. The molecular formula is C33H39N3O8. The number of fused-ring (bicyclic) bond motifs is 1. The van der Waals surface area contributed by atoms with Crippen molar-refractivity contribution in [3.05, 3.63) is 65.5 Å². The molecule has 1 saturated heterocycles. The molecule has 3 atom stereocenters. The zero-order valence-electron chi connectivity index (χ0n) is 26.0. The largest absolute Gasteiger partial charge is 0.497 e. The highest BCUT2D eigenvalue weighted by Gasteiger charge is 2.35. The summed E-state index contributed by atoms with van der Waals surface area (Å²) in [6.07, 6.45) is 3.88. The molecule has 0 radical (unpaired) electrons. The van der Waals surface area contributed by atoms with E-state index in [0.717, 1.165) is 16.7 Å². The highest BCUT2D eigenvalue weighted by atomic mass is 16.6. The first-order valence-corrected chi connectivity index (χ1v) is 14.6. The summed E-state index contributed by atoms with van der Waals surface area (Å²) in [6.45, 7) is 4.88. The molecule has 4 aromatic rings. The van der Waals surface area contributed by atoms with E-state index >= 15 is 0 Å². The minimum atomic E-state index is -0.650. The van der Waals surface area contributed by atoms with Gasteiger partial charge >= 0.3 is 5.97 Å². The van der Waals surface area contributed by atoms with Gasteiger partial charge in [-0.3, -0.25) is 4.98 Å². The first kappa shape index (κ1) is 30.9. The monoisotopic (exact) mass is 605 g/mol. The van der Waals surface area contributed by atoms with Gasteiger partial charge in [-0.05, 0) is 56.9 Å². The van der Waals surface area contributed by atoms with Crippen LogP contribution in [0.1, 0.15) is 49.3 Å². The SMILES string of the molecule is CCOC(=O)C1CC(c2cncc3nc(N(Cc4ccc(OC)cc4OC)Cc4ccc(OC)cc4OC)oc23)C[C@H](C)O1. The number of aromatic nitrogens is 2. The van der Waals surface area contributed by atoms with Crippen molar-refractivity contribution in [2.45, 2.75) is 57.9 Å². The van der Waals surface area contributed by atoms with E-state index in [1.807, 2.05) is 48.2 Å². The van der Waals surface area contributed by atoms with Crippen LogP contribution in [0.3, 0.4) is 0 Å². The van der Waals surface area contributed by atoms with Crippen LogP contribution in [-0.4, -0.2) is 63.2 Å². The van der Waals surface area contributed by atoms with Crippen LogP contribution in [0.5, 0.6) is 23.0 Å². The fourth-order valence-electron chi connectivity index (χ4n) is 5.64. The Balaban J connectivity index is 1.54. The van der Waals surface area contributed by atoms with E-state index in [-0.39, 0.29) is 18.0 Å². The normalized spacial score (nSPS) is 18.1. The third-order valence-electron chi connectivity index (χ3n) is 7.80. The quantitative estimate of drug-likeness (QED) is 0.186. The third kappa shape index (κ3) is 6.67. The lowest BCUT2D eigenvalue weighted by Gasteiger charge is -2.32. The first-order chi connectivity index (χ1) is 21.4. The molecule has 11 heteroatoms. The molecule has 0 N–H and O–H groups in total. The van der Waals surface area contributed by atoms with Crippen molar-refractivity contribution in [3.63, 3.8) is 0 Å². The summed E-state index contributed by atoms with van der Waals surface area (Å²) in [5, 5.41) is 0. The standard InChI is InChI=1S/C33H39N3O8/c1-7-42-32(37)30-13-23(12-20(2)43-30)26-16-34-17-27-31(26)44-33(35-27)36(18-21-8-10-24(38-3)14-28(21)40-5)19-22-9-11-25(39-4)15-29(22)41-6/h8-11,14-17,20,23,30H,7,12-13,18-19H2,1-6H3/t20-,23?,30?/m0/s1. The summed E-state index contributed by atoms with van der Waals surface area (Å²) in [7, 11) is 6.50. The summed E-state index contributed by atoms with van der Waals surface area (Å²) in [4.78, 5) is 24.0. The van der Waals surface area contributed by atoms with Gasteiger partial charge in [0.05, 0.1) is 60.4 Å². The molecule has 0 amide bonds. The van der Waals surface area contributed by atoms with E-state index in [9.17, 15) is 4.79 Å². The van der Waals surface area contributed by atoms with Gasteiger partial charge < -0.3 is 37.7 Å². The third-order valence-corrected chi connectivity index (χ3v) is 7.80. The fourth-order valence-corrected chi connectivity index (χ4v) is 5.64. The van der Waals surface area contributed by atoms with Gasteiger partial charge in [-0.15, -0.1) is 0 Å². The summed E-state index contributed by atoms with van der Waals surface area (Å²) in [6, 6.07) is 11.8. The number of hydrogen-bond acceptors (Lipinski definition) is 11. The Morgan fingerprint density at radius 2 is 1.55 bits per heavy atom. The Morgan fingerprint density at radius 1 is 0.909 bits per heavy atom. The molecule has 2 unspecified atom stereocenters. The average molecular weight is 606 g/mol. The van der Waals surface area contributed by atoms with E-state index in [2.05, 4.69) is 4.98 Å². The number of hydrogen-bond donors (Lipinski definition) is 0. The number of carbonyl (C=O) groups excluding carboxylic acids is 1. The Labute approximate surface area is 257 Å². The van der Waals surface area contributed by atoms with Crippen LogP contribution in [0.4, 0.5) is 6.01 Å². The zero-order chi connectivity index (χ0) is 31.2. The van der Waals surface area contributed by atoms with Crippen LogP contribution in [-0.2, 0) is 27.4 Å². The second-order valence-corrected chi connectivity index (χ2v) is 10.6. The minimum absolute atomic E-state index is 0.0260. The topological polar surface area (TPSA) is 115 Å². The number of ether oxygens (including phenoxy) is 6. The Kier molecular flexibility index (Phi) is 9.74. The van der Waals surface area contributed by atoms with Crippen molar-refractivity contribution in [3.8, 4) is 23.0 Å². The van der Waals surface area contributed by atoms with Crippen LogP contribution < -0.4 is 23.8 Å². The smallest absolute Gasteiger partial charge is 0.335 e. The molecule has 3 heterocycles. The van der Waals surface area contributed by atoms with Crippen molar-refractivity contribution in [1.82, 2.24) is 9.97 Å². The van der Waals surface area contributed by atoms with E-state index in [1.165, 1.54) is 0 Å². The molecule has 11 nitrogen and oxygen atoms in total. The Hall–Kier alpha value is -4.51. The average Bonchev–Trinajstić information content (AvgIpc) is 3.49. The number of oxazole rings is 1. The molecule has 2 aromatic carbocycles. The Bertz CT molecular complexity index is 1530. The second kappa shape index (κ2) is 13.9. The highest BCUT2D eigenvalue weighted by molar-refractivity contribution is 5.78. The molecule has 0 aliphatic carbocycles. The highest BCUT2D eigenvalue weighted by Crippen LogP contribution is 2.39. The van der Waals surface area contributed by atoms with Gasteiger partial charge in [0.2, 0.25) is 0 Å². The lowest BCUT2D eigenvalue weighted by molar-refractivity contribution is -0.165. The second-order valence-electron chi connectivity index (χ2n) is 10.6. The van der Waals surface area contributed by atoms with Gasteiger partial charge in [0.15, 0.2) is 11.7 Å². The van der Waals surface area contributed by atoms with Crippen LogP contribution in [0.15, 0.2) is 53.2 Å². The van der Waals surface area contributed by atoms with Gasteiger partial charge in [-0.25, -0.2) is 4.79 Å². The fraction of sp³-hybridized carbons (Fsp3) is 0.424. The molecule has 0 spiro atoms. The molecule has 5 rings (SSSR count). The minimum Gasteiger partial charge on any atom is -0.497 e. The van der Waals surface area contributed by atoms with E-state index in [0.29, 0.717) is 72.7 Å². The number of pyridine rings is 1. The first-order valence-electron chi connectivity index (χ1n) is 14.6. The van der Waals surface area contributed by atoms with Crippen molar-refractivity contribution in [2.75, 3.05) is 39.9 Å². The van der Waals surface area contributed by atoms with Gasteiger partial charge in [0.1, 0.15) is 28.5 Å². The van der Waals surface area contributed by atoms with Gasteiger partial charge in [-0.2, -0.15) is 4.98 Å². The number of nitrogens with zero attached hydrogens (tertiary/aromatic N) is 3. The molecule has 0 saturated carbocycles. The Morgan fingerprint density at radius 3 is 2.11 bits per heavy atom. The summed E-state index contributed by atoms with van der Waals surface area (Å²) < 4.78 is 40.0.